The highest BCUT2D eigenvalue weighted by atomic mass is 79.9. The SMILES string of the molecule is COc1ccc(NC(=S)c2c(-c3ccc(Cl)cc3)c3c4n(c(COc5ccc(Br)cc5)nn24)CCCC3)cc1. The van der Waals surface area contributed by atoms with E-state index < -0.39 is 0 Å². The molecule has 0 spiro atoms. The summed E-state index contributed by atoms with van der Waals surface area (Å²) in [6.07, 6.45) is 3.08. The molecule has 5 aromatic rings. The van der Waals surface area contributed by atoms with Gasteiger partial charge in [-0.25, -0.2) is 4.52 Å². The maximum Gasteiger partial charge on any atom is 0.169 e. The molecule has 6 nitrogen and oxygen atoms in total. The maximum absolute atomic E-state index is 6.26. The molecule has 0 bridgehead atoms. The number of benzene rings is 3. The van der Waals surface area contributed by atoms with Crippen LogP contribution in [0.15, 0.2) is 77.3 Å². The zero-order chi connectivity index (χ0) is 26.9. The second-order valence-corrected chi connectivity index (χ2v) is 11.2. The number of aromatic nitrogens is 3. The largest absolute Gasteiger partial charge is 0.497 e. The Balaban J connectivity index is 1.46. The van der Waals surface area contributed by atoms with E-state index in [1.807, 2.05) is 65.2 Å². The Kier molecular flexibility index (Phi) is 7.34. The van der Waals surface area contributed by atoms with Gasteiger partial charge in [0.1, 0.15) is 34.4 Å². The molecule has 1 aliphatic heterocycles. The fourth-order valence-electron chi connectivity index (χ4n) is 5.09. The van der Waals surface area contributed by atoms with Crippen LogP contribution in [0.25, 0.3) is 16.8 Å². The number of aryl methyl sites for hydroxylation is 2. The molecule has 9 heteroatoms. The van der Waals surface area contributed by atoms with Crippen LogP contribution < -0.4 is 14.8 Å². The van der Waals surface area contributed by atoms with Gasteiger partial charge in [-0.3, -0.25) is 0 Å². The summed E-state index contributed by atoms with van der Waals surface area (Å²) >= 11 is 15.8. The van der Waals surface area contributed by atoms with Crippen LogP contribution in [0.4, 0.5) is 5.69 Å². The van der Waals surface area contributed by atoms with Gasteiger partial charge in [-0.05, 0) is 85.5 Å². The van der Waals surface area contributed by atoms with Crippen LogP contribution in [0.3, 0.4) is 0 Å². The molecule has 6 rings (SSSR count). The van der Waals surface area contributed by atoms with E-state index in [2.05, 4.69) is 37.9 Å². The van der Waals surface area contributed by atoms with Crippen LogP contribution in [-0.2, 0) is 19.6 Å². The number of rotatable bonds is 7. The molecule has 0 fully saturated rings. The van der Waals surface area contributed by atoms with Crippen LogP contribution in [0.1, 0.15) is 29.9 Å². The minimum atomic E-state index is 0.358. The summed E-state index contributed by atoms with van der Waals surface area (Å²) in [7, 11) is 1.66. The van der Waals surface area contributed by atoms with E-state index in [4.69, 9.17) is 38.4 Å². The average Bonchev–Trinajstić information content (AvgIpc) is 3.35. The van der Waals surface area contributed by atoms with Crippen molar-refractivity contribution >= 4 is 56.1 Å². The summed E-state index contributed by atoms with van der Waals surface area (Å²) < 4.78 is 16.8. The molecule has 0 saturated heterocycles. The molecule has 39 heavy (non-hydrogen) atoms. The predicted molar refractivity (Wildman–Crippen MR) is 163 cm³/mol. The number of methoxy groups -OCH3 is 1. The average molecular weight is 622 g/mol. The van der Waals surface area contributed by atoms with E-state index in [9.17, 15) is 0 Å². The molecule has 0 radical (unpaired) electrons. The summed E-state index contributed by atoms with van der Waals surface area (Å²) in [6, 6.07) is 23.5. The van der Waals surface area contributed by atoms with E-state index in [1.165, 1.54) is 5.56 Å². The number of thiocarbonyl (C=S) groups is 1. The third-order valence-corrected chi connectivity index (χ3v) is 8.02. The molecule has 3 aromatic carbocycles. The van der Waals surface area contributed by atoms with Crippen LogP contribution in [0.2, 0.25) is 5.02 Å². The molecular formula is C30H26BrClN4O2S. The molecule has 0 unspecified atom stereocenters. The molecule has 0 atom stereocenters. The molecule has 3 heterocycles. The van der Waals surface area contributed by atoms with Crippen molar-refractivity contribution in [3.05, 3.63) is 99.4 Å². The fourth-order valence-corrected chi connectivity index (χ4v) is 5.79. The van der Waals surface area contributed by atoms with Gasteiger partial charge < -0.3 is 19.4 Å². The number of hydrogen-bond donors (Lipinski definition) is 1. The first-order valence-electron chi connectivity index (χ1n) is 12.7. The van der Waals surface area contributed by atoms with Crippen molar-refractivity contribution < 1.29 is 9.47 Å². The third kappa shape index (κ3) is 5.16. The van der Waals surface area contributed by atoms with E-state index in [0.717, 1.165) is 75.8 Å². The Hall–Kier alpha value is -3.33. The quantitative estimate of drug-likeness (QED) is 0.187. The van der Waals surface area contributed by atoms with Crippen LogP contribution >= 0.6 is 39.7 Å². The second kappa shape index (κ2) is 11.0. The van der Waals surface area contributed by atoms with Gasteiger partial charge in [-0.1, -0.05) is 51.9 Å². The number of ether oxygens (including phenoxy) is 2. The van der Waals surface area contributed by atoms with E-state index in [1.54, 1.807) is 7.11 Å². The fraction of sp³-hybridized carbons (Fsp3) is 0.200. The zero-order valence-corrected chi connectivity index (χ0v) is 24.4. The van der Waals surface area contributed by atoms with Gasteiger partial charge in [-0.2, -0.15) is 0 Å². The highest BCUT2D eigenvalue weighted by Crippen LogP contribution is 2.38. The Bertz CT molecular complexity index is 1640. The number of nitrogens with zero attached hydrogens (tertiary/aromatic N) is 3. The first-order valence-corrected chi connectivity index (χ1v) is 14.3. The van der Waals surface area contributed by atoms with Gasteiger partial charge in [0.15, 0.2) is 5.82 Å². The molecule has 0 aliphatic carbocycles. The monoisotopic (exact) mass is 620 g/mol. The minimum absolute atomic E-state index is 0.358. The minimum Gasteiger partial charge on any atom is -0.497 e. The first-order chi connectivity index (χ1) is 19.0. The van der Waals surface area contributed by atoms with E-state index in [-0.39, 0.29) is 0 Å². The van der Waals surface area contributed by atoms with Crippen molar-refractivity contribution in [1.29, 1.82) is 0 Å². The first kappa shape index (κ1) is 25.9. The Morgan fingerprint density at radius 2 is 1.72 bits per heavy atom. The van der Waals surface area contributed by atoms with E-state index >= 15 is 0 Å². The highest BCUT2D eigenvalue weighted by molar-refractivity contribution is 9.10. The topological polar surface area (TPSA) is 52.7 Å². The lowest BCUT2D eigenvalue weighted by Gasteiger charge is -2.12. The van der Waals surface area contributed by atoms with Crippen molar-refractivity contribution in [2.75, 3.05) is 12.4 Å². The Morgan fingerprint density at radius 3 is 2.44 bits per heavy atom. The van der Waals surface area contributed by atoms with Crippen LogP contribution in [-0.4, -0.2) is 26.3 Å². The lowest BCUT2D eigenvalue weighted by Crippen LogP contribution is -2.15. The Labute approximate surface area is 245 Å². The second-order valence-electron chi connectivity index (χ2n) is 9.39. The predicted octanol–water partition coefficient (Wildman–Crippen LogP) is 7.93. The van der Waals surface area contributed by atoms with Gasteiger partial charge in [0.2, 0.25) is 0 Å². The van der Waals surface area contributed by atoms with Crippen molar-refractivity contribution in [1.82, 2.24) is 14.2 Å². The summed E-state index contributed by atoms with van der Waals surface area (Å²) in [4.78, 5) is 0.594. The number of anilines is 1. The third-order valence-electron chi connectivity index (χ3n) is 6.94. The summed E-state index contributed by atoms with van der Waals surface area (Å²) in [5.41, 5.74) is 6.21. The number of nitrogens with one attached hydrogen (secondary N) is 1. The van der Waals surface area contributed by atoms with Crippen molar-refractivity contribution in [2.45, 2.75) is 32.4 Å². The van der Waals surface area contributed by atoms with Gasteiger partial charge in [0.05, 0.1) is 7.11 Å². The van der Waals surface area contributed by atoms with Crippen LogP contribution in [0, 0.1) is 0 Å². The van der Waals surface area contributed by atoms with Gasteiger partial charge >= 0.3 is 0 Å². The summed E-state index contributed by atoms with van der Waals surface area (Å²) in [6.45, 7) is 1.23. The zero-order valence-electron chi connectivity index (χ0n) is 21.3. The van der Waals surface area contributed by atoms with Gasteiger partial charge in [-0.15, -0.1) is 5.10 Å². The Morgan fingerprint density at radius 1 is 1.00 bits per heavy atom. The molecule has 1 aliphatic rings. The standard InChI is InChI=1S/C30H26BrClN4O2S/c1-37-23-15-11-22(12-16-23)33-29(39)28-27(19-5-9-21(32)10-6-19)25-4-2-3-17-35-26(34-36(28)30(25)35)18-38-24-13-7-20(31)8-14-24/h5-16H,2-4,17-18H2,1H3,(H,33,39). The van der Waals surface area contributed by atoms with Gasteiger partial charge in [0, 0.05) is 32.9 Å². The van der Waals surface area contributed by atoms with Crippen LogP contribution in [0.5, 0.6) is 11.5 Å². The van der Waals surface area contributed by atoms with Crippen molar-refractivity contribution in [3.63, 3.8) is 0 Å². The number of hydrogen-bond acceptors (Lipinski definition) is 4. The van der Waals surface area contributed by atoms with E-state index in [0.29, 0.717) is 16.6 Å². The molecule has 0 amide bonds. The highest BCUT2D eigenvalue weighted by Gasteiger charge is 2.29. The van der Waals surface area contributed by atoms with Crippen molar-refractivity contribution in [3.8, 4) is 22.6 Å². The molecular weight excluding hydrogens is 596 g/mol. The molecule has 0 saturated carbocycles. The molecule has 198 valence electrons. The maximum atomic E-state index is 6.26. The van der Waals surface area contributed by atoms with Gasteiger partial charge in [0.25, 0.3) is 0 Å². The number of halogens is 2. The lowest BCUT2D eigenvalue weighted by molar-refractivity contribution is 0.288. The molecule has 2 aromatic heterocycles. The normalized spacial score (nSPS) is 12.8. The molecule has 1 N–H and O–H groups in total. The lowest BCUT2D eigenvalue weighted by atomic mass is 9.98. The summed E-state index contributed by atoms with van der Waals surface area (Å²) in [5, 5.41) is 9.21. The van der Waals surface area contributed by atoms with Crippen molar-refractivity contribution in [2.24, 2.45) is 0 Å². The smallest absolute Gasteiger partial charge is 0.169 e. The summed E-state index contributed by atoms with van der Waals surface area (Å²) in [5.74, 6) is 2.45.